The van der Waals surface area contributed by atoms with Gasteiger partial charge < -0.3 is 9.15 Å². The van der Waals surface area contributed by atoms with Crippen LogP contribution in [0.15, 0.2) is 69.2 Å². The van der Waals surface area contributed by atoms with E-state index in [-0.39, 0.29) is 12.2 Å². The third-order valence-corrected chi connectivity index (χ3v) is 5.38. The lowest BCUT2D eigenvalue weighted by molar-refractivity contribution is 0.370. The van der Waals surface area contributed by atoms with E-state index in [0.717, 1.165) is 10.3 Å². The molecule has 0 saturated carbocycles. The molecule has 0 atom stereocenters. The summed E-state index contributed by atoms with van der Waals surface area (Å²) in [7, 11) is 0. The van der Waals surface area contributed by atoms with Crippen molar-refractivity contribution in [1.29, 1.82) is 0 Å². The molecule has 0 saturated heterocycles. The Morgan fingerprint density at radius 3 is 2.79 bits per heavy atom. The first kappa shape index (κ1) is 20.4. The molecular weight excluding hydrogens is 415 g/mol. The van der Waals surface area contributed by atoms with E-state index in [1.54, 1.807) is 30.3 Å². The lowest BCUT2D eigenvalue weighted by Crippen LogP contribution is -2.09. The van der Waals surface area contributed by atoms with E-state index in [9.17, 15) is 4.79 Å². The number of benzene rings is 2. The number of fused-ring (bicyclic) bond motifs is 1. The third-order valence-electron chi connectivity index (χ3n) is 3.81. The highest BCUT2D eigenvalue weighted by molar-refractivity contribution is 7.99. The molecule has 1 aromatic heterocycles. The van der Waals surface area contributed by atoms with Crippen molar-refractivity contribution in [3.8, 4) is 17.6 Å². The Bertz CT molecular complexity index is 1130. The number of allylic oxidation sites excluding steroid dienone is 1. The Morgan fingerprint density at radius 1 is 1.18 bits per heavy atom. The van der Waals surface area contributed by atoms with Gasteiger partial charge in [-0.05, 0) is 30.7 Å². The molecule has 28 heavy (non-hydrogen) atoms. The SMILES string of the molecule is C=CCc1c(SCC#CCOc2ccc(Cl)cc2Cl)c2ccccc2oc1=O. The fourth-order valence-corrected chi connectivity index (χ4v) is 4.01. The molecule has 0 unspecified atom stereocenters. The van der Waals surface area contributed by atoms with Gasteiger partial charge in [0.25, 0.3) is 0 Å². The van der Waals surface area contributed by atoms with Crippen LogP contribution in [0.1, 0.15) is 5.56 Å². The number of rotatable bonds is 6. The normalized spacial score (nSPS) is 10.4. The van der Waals surface area contributed by atoms with Gasteiger partial charge in [0.15, 0.2) is 0 Å². The Labute approximate surface area is 177 Å². The van der Waals surface area contributed by atoms with Crippen LogP contribution in [0.3, 0.4) is 0 Å². The van der Waals surface area contributed by atoms with Gasteiger partial charge in [-0.3, -0.25) is 0 Å². The van der Waals surface area contributed by atoms with Crippen LogP contribution in [-0.4, -0.2) is 12.4 Å². The molecule has 0 spiro atoms. The number of ether oxygens (including phenoxy) is 1. The minimum absolute atomic E-state index is 0.207. The Balaban J connectivity index is 1.70. The van der Waals surface area contributed by atoms with Crippen molar-refractivity contribution in [3.05, 3.63) is 81.1 Å². The standard InChI is InChI=1S/C22H16Cl2O3S/c1-2-7-17-21(16-8-3-4-9-19(16)27-22(17)25)28-13-6-5-12-26-20-11-10-15(23)14-18(20)24/h2-4,8-11,14H,1,7,12-13H2. The van der Waals surface area contributed by atoms with Crippen LogP contribution in [0.2, 0.25) is 10.0 Å². The number of para-hydroxylation sites is 1. The Kier molecular flexibility index (Phi) is 7.11. The molecule has 2 aromatic carbocycles. The van der Waals surface area contributed by atoms with E-state index in [1.807, 2.05) is 18.2 Å². The summed E-state index contributed by atoms with van der Waals surface area (Å²) in [4.78, 5) is 13.2. The third kappa shape index (κ3) is 4.94. The minimum Gasteiger partial charge on any atom is -0.479 e. The molecule has 0 aliphatic carbocycles. The van der Waals surface area contributed by atoms with E-state index in [4.69, 9.17) is 32.4 Å². The van der Waals surface area contributed by atoms with Crippen molar-refractivity contribution in [3.63, 3.8) is 0 Å². The molecular formula is C22H16Cl2O3S. The Morgan fingerprint density at radius 2 is 2.00 bits per heavy atom. The molecule has 0 N–H and O–H groups in total. The van der Waals surface area contributed by atoms with Crippen LogP contribution in [0, 0.1) is 11.8 Å². The lowest BCUT2D eigenvalue weighted by atomic mass is 10.1. The van der Waals surface area contributed by atoms with Crippen molar-refractivity contribution in [2.75, 3.05) is 12.4 Å². The summed E-state index contributed by atoms with van der Waals surface area (Å²) in [6, 6.07) is 12.5. The van der Waals surface area contributed by atoms with Gasteiger partial charge in [0.1, 0.15) is 17.9 Å². The maximum Gasteiger partial charge on any atom is 0.340 e. The first-order valence-corrected chi connectivity index (χ1v) is 10.2. The topological polar surface area (TPSA) is 39.4 Å². The van der Waals surface area contributed by atoms with E-state index < -0.39 is 0 Å². The summed E-state index contributed by atoms with van der Waals surface area (Å²) in [6.07, 6.45) is 2.14. The molecule has 3 rings (SSSR count). The molecule has 6 heteroatoms. The molecule has 142 valence electrons. The predicted octanol–water partition coefficient (Wildman–Crippen LogP) is 6.00. The van der Waals surface area contributed by atoms with Crippen molar-refractivity contribution in [2.45, 2.75) is 11.3 Å². The second-order valence-corrected chi connectivity index (χ2v) is 7.52. The van der Waals surface area contributed by atoms with Gasteiger partial charge in [-0.1, -0.05) is 59.3 Å². The molecule has 3 nitrogen and oxygen atoms in total. The van der Waals surface area contributed by atoms with Crippen molar-refractivity contribution < 1.29 is 9.15 Å². The molecule has 0 radical (unpaired) electrons. The number of hydrogen-bond donors (Lipinski definition) is 0. The van der Waals surface area contributed by atoms with E-state index in [2.05, 4.69) is 18.4 Å². The zero-order chi connectivity index (χ0) is 19.9. The van der Waals surface area contributed by atoms with Gasteiger partial charge in [0, 0.05) is 15.3 Å². The second-order valence-electron chi connectivity index (χ2n) is 5.69. The highest BCUT2D eigenvalue weighted by Crippen LogP contribution is 2.30. The fraction of sp³-hybridized carbons (Fsp3) is 0.136. The molecule has 0 amide bonds. The lowest BCUT2D eigenvalue weighted by Gasteiger charge is -2.08. The average Bonchev–Trinajstić information content (AvgIpc) is 2.68. The highest BCUT2D eigenvalue weighted by atomic mass is 35.5. The molecule has 3 aromatic rings. The van der Waals surface area contributed by atoms with Crippen LogP contribution in [0.4, 0.5) is 0 Å². The van der Waals surface area contributed by atoms with Gasteiger partial charge in [-0.15, -0.1) is 18.3 Å². The molecule has 0 bridgehead atoms. The summed E-state index contributed by atoms with van der Waals surface area (Å²) in [6.45, 7) is 3.93. The van der Waals surface area contributed by atoms with Crippen LogP contribution >= 0.6 is 35.0 Å². The number of thioether (sulfide) groups is 1. The summed E-state index contributed by atoms with van der Waals surface area (Å²) < 4.78 is 10.9. The first-order valence-electron chi connectivity index (χ1n) is 8.42. The smallest absolute Gasteiger partial charge is 0.340 e. The predicted molar refractivity (Wildman–Crippen MR) is 117 cm³/mol. The highest BCUT2D eigenvalue weighted by Gasteiger charge is 2.13. The van der Waals surface area contributed by atoms with Gasteiger partial charge in [-0.25, -0.2) is 4.79 Å². The van der Waals surface area contributed by atoms with Gasteiger partial charge in [0.2, 0.25) is 0 Å². The molecule has 0 aliphatic rings. The number of hydrogen-bond acceptors (Lipinski definition) is 4. The molecule has 1 heterocycles. The van der Waals surface area contributed by atoms with Gasteiger partial charge in [0.05, 0.1) is 16.3 Å². The monoisotopic (exact) mass is 430 g/mol. The zero-order valence-corrected chi connectivity index (χ0v) is 17.2. The van der Waals surface area contributed by atoms with Crippen molar-refractivity contribution >= 4 is 45.9 Å². The molecule has 0 aliphatic heterocycles. The Hall–Kier alpha value is -2.32. The van der Waals surface area contributed by atoms with Crippen molar-refractivity contribution in [1.82, 2.24) is 0 Å². The van der Waals surface area contributed by atoms with Crippen LogP contribution in [0.25, 0.3) is 11.0 Å². The second kappa shape index (κ2) is 9.75. The first-order chi connectivity index (χ1) is 13.6. The van der Waals surface area contributed by atoms with E-state index in [0.29, 0.717) is 39.1 Å². The summed E-state index contributed by atoms with van der Waals surface area (Å²) in [5, 5.41) is 1.89. The maximum atomic E-state index is 12.3. The zero-order valence-electron chi connectivity index (χ0n) is 14.8. The van der Waals surface area contributed by atoms with Crippen LogP contribution in [-0.2, 0) is 6.42 Å². The fourth-order valence-electron chi connectivity index (χ4n) is 2.56. The van der Waals surface area contributed by atoms with E-state index >= 15 is 0 Å². The van der Waals surface area contributed by atoms with Crippen molar-refractivity contribution in [2.24, 2.45) is 0 Å². The summed E-state index contributed by atoms with van der Waals surface area (Å²) >= 11 is 13.4. The van der Waals surface area contributed by atoms with Gasteiger partial charge >= 0.3 is 5.63 Å². The van der Waals surface area contributed by atoms with Crippen LogP contribution < -0.4 is 10.4 Å². The summed E-state index contributed by atoms with van der Waals surface area (Å²) in [5.41, 5.74) is 0.830. The summed E-state index contributed by atoms with van der Waals surface area (Å²) in [5.74, 6) is 7.05. The quantitative estimate of drug-likeness (QED) is 0.208. The largest absolute Gasteiger partial charge is 0.479 e. The number of halogens is 2. The maximum absolute atomic E-state index is 12.3. The average molecular weight is 431 g/mol. The van der Waals surface area contributed by atoms with Crippen LogP contribution in [0.5, 0.6) is 5.75 Å². The van der Waals surface area contributed by atoms with E-state index in [1.165, 1.54) is 11.8 Å². The minimum atomic E-state index is -0.338. The molecule has 0 fully saturated rings. The van der Waals surface area contributed by atoms with Gasteiger partial charge in [-0.2, -0.15) is 0 Å².